The van der Waals surface area contributed by atoms with E-state index in [1.54, 1.807) is 6.21 Å². The highest BCUT2D eigenvalue weighted by molar-refractivity contribution is 9.10. The van der Waals surface area contributed by atoms with Gasteiger partial charge in [0.05, 0.1) is 6.21 Å². The van der Waals surface area contributed by atoms with Gasteiger partial charge in [0.2, 0.25) is 0 Å². The van der Waals surface area contributed by atoms with Crippen LogP contribution in [0.15, 0.2) is 33.8 Å². The van der Waals surface area contributed by atoms with Crippen LogP contribution in [0, 0.1) is 0 Å². The van der Waals surface area contributed by atoms with Gasteiger partial charge in [-0.25, -0.2) is 0 Å². The average Bonchev–Trinajstić information content (AvgIpc) is 2.08. The molecule has 0 bridgehead atoms. The molecular formula is C8H8BrN3S. The zero-order valence-corrected chi connectivity index (χ0v) is 9.10. The highest BCUT2D eigenvalue weighted by atomic mass is 79.9. The molecule has 0 atom stereocenters. The van der Waals surface area contributed by atoms with Crippen LogP contribution in [-0.2, 0) is 0 Å². The van der Waals surface area contributed by atoms with Crippen LogP contribution in [0.5, 0.6) is 0 Å². The van der Waals surface area contributed by atoms with Gasteiger partial charge in [0.25, 0.3) is 0 Å². The van der Waals surface area contributed by atoms with E-state index in [-0.39, 0.29) is 5.11 Å². The topological polar surface area (TPSA) is 50.4 Å². The van der Waals surface area contributed by atoms with Gasteiger partial charge in [-0.2, -0.15) is 5.10 Å². The third kappa shape index (κ3) is 3.52. The number of halogens is 1. The monoisotopic (exact) mass is 257 g/mol. The average molecular weight is 258 g/mol. The van der Waals surface area contributed by atoms with E-state index in [2.05, 4.69) is 38.7 Å². The molecule has 0 unspecified atom stereocenters. The molecule has 13 heavy (non-hydrogen) atoms. The first-order chi connectivity index (χ1) is 6.20. The van der Waals surface area contributed by atoms with Gasteiger partial charge in [-0.15, -0.1) is 0 Å². The molecule has 1 aromatic carbocycles. The van der Waals surface area contributed by atoms with E-state index in [9.17, 15) is 0 Å². The van der Waals surface area contributed by atoms with E-state index in [0.717, 1.165) is 10.0 Å². The van der Waals surface area contributed by atoms with E-state index in [4.69, 9.17) is 5.73 Å². The minimum atomic E-state index is 0.156. The molecule has 0 heterocycles. The second kappa shape index (κ2) is 4.94. The molecule has 0 aliphatic rings. The van der Waals surface area contributed by atoms with Crippen molar-refractivity contribution in [1.29, 1.82) is 0 Å². The Kier molecular flexibility index (Phi) is 3.85. The number of nitrogens with zero attached hydrogens (tertiary/aromatic N) is 1. The summed E-state index contributed by atoms with van der Waals surface area (Å²) < 4.78 is 0.975. The van der Waals surface area contributed by atoms with Crippen LogP contribution in [0.4, 0.5) is 0 Å². The molecule has 1 aromatic rings. The van der Waals surface area contributed by atoms with Crippen LogP contribution in [0.1, 0.15) is 5.56 Å². The van der Waals surface area contributed by atoms with Crippen molar-refractivity contribution in [3.05, 3.63) is 34.3 Å². The lowest BCUT2D eigenvalue weighted by Crippen LogP contribution is -2.24. The number of nitrogens with one attached hydrogen (secondary N) is 1. The first-order valence-corrected chi connectivity index (χ1v) is 4.73. The van der Waals surface area contributed by atoms with E-state index in [1.807, 2.05) is 24.3 Å². The van der Waals surface area contributed by atoms with Gasteiger partial charge < -0.3 is 5.73 Å². The predicted octanol–water partition coefficient (Wildman–Crippen LogP) is 1.62. The maximum Gasteiger partial charge on any atom is 0.184 e. The zero-order chi connectivity index (χ0) is 9.68. The molecule has 0 aliphatic carbocycles. The lowest BCUT2D eigenvalue weighted by molar-refractivity contribution is 1.04. The Labute approximate surface area is 90.1 Å². The molecule has 1 rings (SSSR count). The molecular weight excluding hydrogens is 250 g/mol. The minimum absolute atomic E-state index is 0.156. The normalized spacial score (nSPS) is 10.2. The summed E-state index contributed by atoms with van der Waals surface area (Å²) in [5.74, 6) is 0. The fourth-order valence-electron chi connectivity index (χ4n) is 0.745. The number of hydrogen-bond donors (Lipinski definition) is 2. The molecule has 3 N–H and O–H groups in total. The van der Waals surface area contributed by atoms with Crippen molar-refractivity contribution < 1.29 is 0 Å². The van der Waals surface area contributed by atoms with Gasteiger partial charge in [-0.1, -0.05) is 34.1 Å². The van der Waals surface area contributed by atoms with Crippen molar-refractivity contribution >= 4 is 39.5 Å². The van der Waals surface area contributed by atoms with Crippen LogP contribution < -0.4 is 11.2 Å². The number of nitrogens with two attached hydrogens (primary N) is 1. The largest absolute Gasteiger partial charge is 0.375 e. The summed E-state index contributed by atoms with van der Waals surface area (Å²) in [5, 5.41) is 3.99. The van der Waals surface area contributed by atoms with E-state index in [1.165, 1.54) is 0 Å². The van der Waals surface area contributed by atoms with Crippen LogP contribution in [-0.4, -0.2) is 11.3 Å². The summed E-state index contributed by atoms with van der Waals surface area (Å²) >= 11 is 7.97. The second-order valence-corrected chi connectivity index (χ2v) is 3.55. The predicted molar refractivity (Wildman–Crippen MR) is 61.7 cm³/mol. The van der Waals surface area contributed by atoms with Gasteiger partial charge in [0.15, 0.2) is 5.11 Å². The number of hydrazone groups is 1. The number of hydrogen-bond acceptors (Lipinski definition) is 2. The van der Waals surface area contributed by atoms with Crippen molar-refractivity contribution in [2.75, 3.05) is 0 Å². The van der Waals surface area contributed by atoms with Crippen molar-refractivity contribution in [2.24, 2.45) is 10.8 Å². The number of benzene rings is 1. The summed E-state index contributed by atoms with van der Waals surface area (Å²) in [6.45, 7) is 0. The first-order valence-electron chi connectivity index (χ1n) is 3.53. The third-order valence-electron chi connectivity index (χ3n) is 1.28. The molecule has 68 valence electrons. The Morgan fingerprint density at radius 1 is 1.54 bits per heavy atom. The maximum atomic E-state index is 5.19. The lowest BCUT2D eigenvalue weighted by atomic mass is 10.2. The summed E-state index contributed by atoms with van der Waals surface area (Å²) in [6, 6.07) is 7.71. The van der Waals surface area contributed by atoms with Crippen LogP contribution in [0.3, 0.4) is 0 Å². The minimum Gasteiger partial charge on any atom is -0.375 e. The van der Waals surface area contributed by atoms with Gasteiger partial charge in [-0.3, -0.25) is 5.43 Å². The molecule has 0 saturated heterocycles. The Morgan fingerprint density at radius 2 is 2.23 bits per heavy atom. The van der Waals surface area contributed by atoms with Crippen molar-refractivity contribution in [3.8, 4) is 0 Å². The second-order valence-electron chi connectivity index (χ2n) is 2.26. The Morgan fingerprint density at radius 3 is 2.85 bits per heavy atom. The number of rotatable bonds is 2. The number of thiocarbonyl (C=S) groups is 1. The molecule has 5 heteroatoms. The molecule has 0 amide bonds. The Balaban J connectivity index is 2.68. The quantitative estimate of drug-likeness (QED) is 0.481. The fraction of sp³-hybridized carbons (Fsp3) is 0. The SMILES string of the molecule is NC(=S)N/N=C/c1ccccc1Br. The van der Waals surface area contributed by atoms with Gasteiger partial charge in [-0.05, 0) is 18.3 Å². The maximum absolute atomic E-state index is 5.19. The third-order valence-corrected chi connectivity index (χ3v) is 2.10. The lowest BCUT2D eigenvalue weighted by Gasteiger charge is -1.96. The fourth-order valence-corrected chi connectivity index (χ4v) is 1.19. The highest BCUT2D eigenvalue weighted by Gasteiger charge is 1.92. The van der Waals surface area contributed by atoms with Crippen LogP contribution >= 0.6 is 28.1 Å². The first kappa shape index (κ1) is 10.1. The van der Waals surface area contributed by atoms with Crippen molar-refractivity contribution in [1.82, 2.24) is 5.43 Å². The van der Waals surface area contributed by atoms with Crippen LogP contribution in [0.25, 0.3) is 0 Å². The summed E-state index contributed by atoms with van der Waals surface area (Å²) in [7, 11) is 0. The van der Waals surface area contributed by atoms with Gasteiger partial charge in [0, 0.05) is 10.0 Å². The molecule has 0 aliphatic heterocycles. The van der Waals surface area contributed by atoms with E-state index >= 15 is 0 Å². The van der Waals surface area contributed by atoms with Crippen molar-refractivity contribution in [3.63, 3.8) is 0 Å². The summed E-state index contributed by atoms with van der Waals surface area (Å²) in [5.41, 5.74) is 8.63. The summed E-state index contributed by atoms with van der Waals surface area (Å²) in [6.07, 6.45) is 1.64. The highest BCUT2D eigenvalue weighted by Crippen LogP contribution is 2.12. The molecule has 0 spiro atoms. The molecule has 0 saturated carbocycles. The Hall–Kier alpha value is -0.940. The van der Waals surface area contributed by atoms with E-state index < -0.39 is 0 Å². The molecule has 0 aromatic heterocycles. The zero-order valence-electron chi connectivity index (χ0n) is 6.70. The molecule has 0 fully saturated rings. The van der Waals surface area contributed by atoms with Gasteiger partial charge >= 0.3 is 0 Å². The summed E-state index contributed by atoms with van der Waals surface area (Å²) in [4.78, 5) is 0. The van der Waals surface area contributed by atoms with Gasteiger partial charge in [0.1, 0.15) is 0 Å². The van der Waals surface area contributed by atoms with E-state index in [0.29, 0.717) is 0 Å². The molecule has 3 nitrogen and oxygen atoms in total. The standard InChI is InChI=1S/C8H8BrN3S/c9-7-4-2-1-3-6(7)5-11-12-8(10)13/h1-5H,(H3,10,12,13)/b11-5+. The smallest absolute Gasteiger partial charge is 0.184 e. The molecule has 0 radical (unpaired) electrons. The van der Waals surface area contributed by atoms with Crippen molar-refractivity contribution in [2.45, 2.75) is 0 Å². The van der Waals surface area contributed by atoms with Crippen LogP contribution in [0.2, 0.25) is 0 Å². The Bertz CT molecular complexity index is 338.